The molecule has 2 heterocycles. The van der Waals surface area contributed by atoms with E-state index in [1.165, 1.54) is 7.05 Å². The number of benzene rings is 1. The number of hydrogen-bond acceptors (Lipinski definition) is 4. The summed E-state index contributed by atoms with van der Waals surface area (Å²) in [6.45, 7) is 1.37. The van der Waals surface area contributed by atoms with Crippen molar-refractivity contribution in [1.29, 1.82) is 0 Å². The highest BCUT2D eigenvalue weighted by atomic mass is 16.6. The van der Waals surface area contributed by atoms with Gasteiger partial charge >= 0.3 is 6.09 Å². The maximum Gasteiger partial charge on any atom is 0.415 e. The van der Waals surface area contributed by atoms with Crippen molar-refractivity contribution in [2.45, 2.75) is 19.3 Å². The van der Waals surface area contributed by atoms with Gasteiger partial charge in [-0.25, -0.2) is 4.79 Å². The Bertz CT molecular complexity index is 678. The van der Waals surface area contributed by atoms with Crippen LogP contribution in [0, 0.1) is 5.92 Å². The minimum Gasteiger partial charge on any atom is -0.410 e. The van der Waals surface area contributed by atoms with Gasteiger partial charge < -0.3 is 9.64 Å². The quantitative estimate of drug-likeness (QED) is 0.630. The summed E-state index contributed by atoms with van der Waals surface area (Å²) in [5, 5.41) is 0. The van der Waals surface area contributed by atoms with E-state index in [-0.39, 0.29) is 18.2 Å². The van der Waals surface area contributed by atoms with Crippen molar-refractivity contribution in [2.24, 2.45) is 5.92 Å². The van der Waals surface area contributed by atoms with Crippen LogP contribution in [0.15, 0.2) is 36.4 Å². The lowest BCUT2D eigenvalue weighted by atomic mass is 10.0. The largest absolute Gasteiger partial charge is 0.415 e. The van der Waals surface area contributed by atoms with Crippen molar-refractivity contribution in [3.8, 4) is 0 Å². The summed E-state index contributed by atoms with van der Waals surface area (Å²) in [6, 6.07) is 9.16. The first-order chi connectivity index (χ1) is 11.6. The summed E-state index contributed by atoms with van der Waals surface area (Å²) in [7, 11) is 1.47. The van der Waals surface area contributed by atoms with Gasteiger partial charge in [0.25, 0.3) is 0 Å². The average molecular weight is 328 g/mol. The highest BCUT2D eigenvalue weighted by molar-refractivity contribution is 6.04. The second-order valence-corrected chi connectivity index (χ2v) is 6.06. The maximum absolute atomic E-state index is 12.3. The van der Waals surface area contributed by atoms with Crippen molar-refractivity contribution in [3.63, 3.8) is 0 Å². The summed E-state index contributed by atoms with van der Waals surface area (Å²) in [6.07, 6.45) is 3.23. The van der Waals surface area contributed by atoms with Crippen LogP contribution in [0.25, 0.3) is 5.76 Å². The number of amides is 3. The van der Waals surface area contributed by atoms with Gasteiger partial charge in [-0.3, -0.25) is 14.5 Å². The van der Waals surface area contributed by atoms with E-state index in [0.717, 1.165) is 17.7 Å². The molecule has 2 aliphatic rings. The minimum atomic E-state index is -0.593. The topological polar surface area (TPSA) is 66.9 Å². The zero-order chi connectivity index (χ0) is 17.1. The number of carbonyl (C=O) groups is 3. The number of imide groups is 1. The van der Waals surface area contributed by atoms with Crippen molar-refractivity contribution in [2.75, 3.05) is 20.1 Å². The molecule has 0 saturated carbocycles. The molecule has 2 fully saturated rings. The van der Waals surface area contributed by atoms with E-state index in [2.05, 4.69) is 0 Å². The first kappa shape index (κ1) is 16.2. The third-order valence-electron chi connectivity index (χ3n) is 4.39. The fraction of sp³-hybridized carbons (Fsp3) is 0.389. The van der Waals surface area contributed by atoms with Crippen LogP contribution in [0.2, 0.25) is 0 Å². The predicted molar refractivity (Wildman–Crippen MR) is 87.6 cm³/mol. The molecule has 0 aliphatic carbocycles. The minimum absolute atomic E-state index is 0.104. The molecule has 3 rings (SSSR count). The van der Waals surface area contributed by atoms with E-state index in [4.69, 9.17) is 4.74 Å². The Morgan fingerprint density at radius 3 is 2.42 bits per heavy atom. The molecule has 1 aromatic rings. The zero-order valence-corrected chi connectivity index (χ0v) is 13.6. The Morgan fingerprint density at radius 2 is 1.83 bits per heavy atom. The van der Waals surface area contributed by atoms with Gasteiger partial charge in [0.2, 0.25) is 11.8 Å². The molecule has 3 amide bonds. The molecule has 0 spiro atoms. The highest BCUT2D eigenvalue weighted by Crippen LogP contribution is 2.26. The molecule has 0 bridgehead atoms. The molecule has 2 saturated heterocycles. The Balaban J connectivity index is 1.85. The number of likely N-dealkylation sites (tertiary alicyclic amines) is 2. The fourth-order valence-electron chi connectivity index (χ4n) is 2.95. The van der Waals surface area contributed by atoms with Gasteiger partial charge in [0.1, 0.15) is 5.76 Å². The molecule has 24 heavy (non-hydrogen) atoms. The number of nitrogens with zero attached hydrogens (tertiary/aromatic N) is 2. The maximum atomic E-state index is 12.3. The smallest absolute Gasteiger partial charge is 0.410 e. The van der Waals surface area contributed by atoms with Crippen molar-refractivity contribution in [3.05, 3.63) is 42.0 Å². The number of hydrogen-bond donors (Lipinski definition) is 0. The van der Waals surface area contributed by atoms with Crippen LogP contribution in [-0.2, 0) is 14.3 Å². The molecule has 2 aliphatic heterocycles. The molecular weight excluding hydrogens is 308 g/mol. The van der Waals surface area contributed by atoms with Crippen LogP contribution in [0.3, 0.4) is 0 Å². The molecule has 1 atom stereocenters. The van der Waals surface area contributed by atoms with Crippen LogP contribution in [0.1, 0.15) is 24.8 Å². The van der Waals surface area contributed by atoms with Crippen molar-refractivity contribution in [1.82, 2.24) is 9.80 Å². The number of carbonyl (C=O) groups excluding carboxylic acids is 3. The second-order valence-electron chi connectivity index (χ2n) is 6.06. The summed E-state index contributed by atoms with van der Waals surface area (Å²) < 4.78 is 5.57. The lowest BCUT2D eigenvalue weighted by Crippen LogP contribution is -2.28. The first-order valence-electron chi connectivity index (χ1n) is 8.10. The third kappa shape index (κ3) is 3.32. The molecule has 1 unspecified atom stereocenters. The summed E-state index contributed by atoms with van der Waals surface area (Å²) in [5.41, 5.74) is 0.708. The fourth-order valence-corrected chi connectivity index (χ4v) is 2.95. The Morgan fingerprint density at radius 1 is 1.17 bits per heavy atom. The Labute approximate surface area is 140 Å². The van der Waals surface area contributed by atoms with E-state index < -0.39 is 12.0 Å². The summed E-state index contributed by atoms with van der Waals surface area (Å²) in [5.74, 6) is -0.761. The normalized spacial score (nSPS) is 21.5. The van der Waals surface area contributed by atoms with Crippen molar-refractivity contribution >= 4 is 23.7 Å². The van der Waals surface area contributed by atoms with Gasteiger partial charge in [-0.2, -0.15) is 0 Å². The monoisotopic (exact) mass is 328 g/mol. The number of rotatable bonds is 3. The molecule has 0 N–H and O–H groups in total. The molecular formula is C18H20N2O4. The molecule has 0 radical (unpaired) electrons. The van der Waals surface area contributed by atoms with Crippen LogP contribution < -0.4 is 0 Å². The van der Waals surface area contributed by atoms with E-state index >= 15 is 0 Å². The predicted octanol–water partition coefficient (Wildman–Crippen LogP) is 2.26. The lowest BCUT2D eigenvalue weighted by Gasteiger charge is -2.17. The Kier molecular flexibility index (Phi) is 4.64. The van der Waals surface area contributed by atoms with Gasteiger partial charge in [-0.05, 0) is 18.9 Å². The van der Waals surface area contributed by atoms with Gasteiger partial charge in [0.15, 0.2) is 0 Å². The number of ether oxygens (including phenoxy) is 1. The average Bonchev–Trinajstić information content (AvgIpc) is 3.21. The van der Waals surface area contributed by atoms with Gasteiger partial charge in [-0.1, -0.05) is 30.3 Å². The van der Waals surface area contributed by atoms with Crippen LogP contribution in [0.4, 0.5) is 4.79 Å². The molecule has 6 nitrogen and oxygen atoms in total. The zero-order valence-electron chi connectivity index (χ0n) is 13.6. The summed E-state index contributed by atoms with van der Waals surface area (Å²) >= 11 is 0. The van der Waals surface area contributed by atoms with E-state index in [1.807, 2.05) is 30.3 Å². The van der Waals surface area contributed by atoms with Gasteiger partial charge in [0.05, 0.1) is 5.92 Å². The van der Waals surface area contributed by atoms with Crippen molar-refractivity contribution < 1.29 is 19.1 Å². The van der Waals surface area contributed by atoms with E-state index in [9.17, 15) is 14.4 Å². The molecule has 6 heteroatoms. The summed E-state index contributed by atoms with van der Waals surface area (Å²) in [4.78, 5) is 38.9. The van der Waals surface area contributed by atoms with Crippen LogP contribution in [-0.4, -0.2) is 47.8 Å². The van der Waals surface area contributed by atoms with E-state index in [0.29, 0.717) is 24.4 Å². The highest BCUT2D eigenvalue weighted by Gasteiger charge is 2.35. The molecule has 126 valence electrons. The van der Waals surface area contributed by atoms with Crippen LogP contribution in [0.5, 0.6) is 0 Å². The van der Waals surface area contributed by atoms with Crippen LogP contribution >= 0.6 is 0 Å². The lowest BCUT2D eigenvalue weighted by molar-refractivity contribution is -0.137. The molecule has 0 aromatic heterocycles. The van der Waals surface area contributed by atoms with Gasteiger partial charge in [0, 0.05) is 32.1 Å². The second kappa shape index (κ2) is 6.86. The van der Waals surface area contributed by atoms with E-state index in [1.54, 1.807) is 11.0 Å². The SMILES string of the molecule is CN1C(=O)CC(/C=C(\OC(=O)N2CCCC2)c2ccccc2)C1=O. The van der Waals surface area contributed by atoms with Gasteiger partial charge in [-0.15, -0.1) is 0 Å². The first-order valence-corrected chi connectivity index (χ1v) is 8.10. The Hall–Kier alpha value is -2.63. The standard InChI is InChI=1S/C18H20N2O4/c1-19-16(21)12-14(17(19)22)11-15(13-7-3-2-4-8-13)24-18(23)20-9-5-6-10-20/h2-4,7-8,11,14H,5-6,9-10,12H2,1H3/b15-11-. The third-order valence-corrected chi connectivity index (χ3v) is 4.39. The molecule has 1 aromatic carbocycles.